The summed E-state index contributed by atoms with van der Waals surface area (Å²) >= 11 is 0. The summed E-state index contributed by atoms with van der Waals surface area (Å²) in [6, 6.07) is 11.4. The highest BCUT2D eigenvalue weighted by Crippen LogP contribution is 2.36. The molecule has 3 aromatic rings. The van der Waals surface area contributed by atoms with Gasteiger partial charge in [-0.3, -0.25) is 0 Å². The Bertz CT molecular complexity index is 1060. The van der Waals surface area contributed by atoms with Crippen molar-refractivity contribution in [2.75, 3.05) is 0 Å². The van der Waals surface area contributed by atoms with Gasteiger partial charge in [0, 0.05) is 6.04 Å². The molecule has 0 radical (unpaired) electrons. The molecule has 0 spiro atoms. The number of pyridine rings is 1. The third-order valence-electron chi connectivity index (χ3n) is 6.14. The molecule has 0 amide bonds. The maximum atomic E-state index is 8.63. The zero-order valence-electron chi connectivity index (χ0n) is 18.4. The lowest BCUT2D eigenvalue weighted by Crippen LogP contribution is -2.30. The Hall–Kier alpha value is -2.15. The average molecular weight is 347 g/mol. The van der Waals surface area contributed by atoms with Crippen LogP contribution in [-0.4, -0.2) is 0 Å². The van der Waals surface area contributed by atoms with Crippen molar-refractivity contribution in [3.63, 3.8) is 0 Å². The Morgan fingerprint density at radius 1 is 1.00 bits per heavy atom. The van der Waals surface area contributed by atoms with E-state index in [2.05, 4.69) is 51.1 Å². The third kappa shape index (κ3) is 3.05. The Morgan fingerprint density at radius 3 is 2.54 bits per heavy atom. The van der Waals surface area contributed by atoms with E-state index < -0.39 is 0 Å². The molecule has 0 atom stereocenters. The SMILES string of the molecule is [2H]c1c([2H])[n+](C)c(-c2cc(C)cc(C)c2C)c2ccc(C3CCCCC3)cc12. The van der Waals surface area contributed by atoms with Gasteiger partial charge < -0.3 is 0 Å². The fourth-order valence-corrected chi connectivity index (χ4v) is 4.55. The summed E-state index contributed by atoms with van der Waals surface area (Å²) < 4.78 is 19.1. The number of hydrogen-bond donors (Lipinski definition) is 0. The molecule has 1 aliphatic carbocycles. The number of nitrogens with zero attached hydrogens (tertiary/aromatic N) is 1. The molecule has 1 heteroatoms. The third-order valence-corrected chi connectivity index (χ3v) is 6.14. The molecule has 1 nitrogen and oxygen atoms in total. The van der Waals surface area contributed by atoms with E-state index >= 15 is 0 Å². The van der Waals surface area contributed by atoms with Crippen molar-refractivity contribution in [2.24, 2.45) is 7.05 Å². The molecule has 134 valence electrons. The number of fused-ring (bicyclic) bond motifs is 1. The lowest BCUT2D eigenvalue weighted by atomic mass is 9.83. The summed E-state index contributed by atoms with van der Waals surface area (Å²) in [5.41, 5.74) is 7.31. The number of benzene rings is 2. The first-order valence-corrected chi connectivity index (χ1v) is 9.89. The molecular weight excluding hydrogens is 314 g/mol. The second-order valence-corrected chi connectivity index (χ2v) is 8.04. The molecule has 0 N–H and O–H groups in total. The van der Waals surface area contributed by atoms with Gasteiger partial charge in [-0.15, -0.1) is 0 Å². The lowest BCUT2D eigenvalue weighted by molar-refractivity contribution is -0.659. The van der Waals surface area contributed by atoms with Crippen molar-refractivity contribution in [1.82, 2.24) is 0 Å². The zero-order valence-corrected chi connectivity index (χ0v) is 16.4. The molecule has 1 fully saturated rings. The van der Waals surface area contributed by atoms with Gasteiger partial charge in [0.2, 0.25) is 5.69 Å². The summed E-state index contributed by atoms with van der Waals surface area (Å²) in [5, 5.41) is 2.00. The van der Waals surface area contributed by atoms with E-state index in [1.54, 1.807) is 0 Å². The second-order valence-electron chi connectivity index (χ2n) is 8.04. The lowest BCUT2D eigenvalue weighted by Gasteiger charge is -2.22. The Morgan fingerprint density at radius 2 is 1.77 bits per heavy atom. The first-order valence-electron chi connectivity index (χ1n) is 10.9. The van der Waals surface area contributed by atoms with Crippen molar-refractivity contribution >= 4 is 10.8 Å². The molecular formula is C25H30N+. The summed E-state index contributed by atoms with van der Waals surface area (Å²) in [5.74, 6) is 0.604. The molecule has 0 aliphatic heterocycles. The predicted molar refractivity (Wildman–Crippen MR) is 111 cm³/mol. The van der Waals surface area contributed by atoms with Crippen LogP contribution in [0, 0.1) is 20.8 Å². The zero-order chi connectivity index (χ0) is 20.0. The molecule has 26 heavy (non-hydrogen) atoms. The number of aryl methyl sites for hydroxylation is 2. The monoisotopic (exact) mass is 346 g/mol. The van der Waals surface area contributed by atoms with Crippen molar-refractivity contribution < 1.29 is 7.31 Å². The maximum absolute atomic E-state index is 8.63. The van der Waals surface area contributed by atoms with Gasteiger partial charge >= 0.3 is 0 Å². The number of rotatable bonds is 2. The van der Waals surface area contributed by atoms with Gasteiger partial charge in [-0.25, -0.2) is 4.57 Å². The Labute approximate surface area is 160 Å². The van der Waals surface area contributed by atoms with Crippen LogP contribution >= 0.6 is 0 Å². The topological polar surface area (TPSA) is 3.88 Å². The van der Waals surface area contributed by atoms with Crippen LogP contribution in [0.2, 0.25) is 0 Å². The highest BCUT2D eigenvalue weighted by Gasteiger charge is 2.20. The van der Waals surface area contributed by atoms with Crippen LogP contribution in [-0.2, 0) is 7.05 Å². The second kappa shape index (κ2) is 6.87. The van der Waals surface area contributed by atoms with Crippen LogP contribution < -0.4 is 4.57 Å². The molecule has 1 aromatic heterocycles. The van der Waals surface area contributed by atoms with Crippen LogP contribution in [0.25, 0.3) is 22.0 Å². The van der Waals surface area contributed by atoms with Crippen molar-refractivity contribution in [3.8, 4) is 11.3 Å². The van der Waals surface area contributed by atoms with E-state index in [0.29, 0.717) is 12.0 Å². The first kappa shape index (κ1) is 15.0. The minimum Gasteiger partial charge on any atom is -0.200 e. The van der Waals surface area contributed by atoms with Crippen LogP contribution in [0.3, 0.4) is 0 Å². The molecule has 1 heterocycles. The maximum Gasteiger partial charge on any atom is 0.220 e. The van der Waals surface area contributed by atoms with Crippen LogP contribution in [0.15, 0.2) is 42.5 Å². The first-order chi connectivity index (χ1) is 13.4. The predicted octanol–water partition coefficient (Wildman–Crippen LogP) is 6.30. The molecule has 1 aliphatic rings. The summed E-state index contributed by atoms with van der Waals surface area (Å²) in [7, 11) is 1.92. The van der Waals surface area contributed by atoms with E-state index in [-0.39, 0.29) is 6.17 Å². The molecule has 2 aromatic carbocycles. The number of hydrogen-bond acceptors (Lipinski definition) is 0. The molecule has 0 saturated heterocycles. The largest absolute Gasteiger partial charge is 0.220 e. The van der Waals surface area contributed by atoms with Gasteiger partial charge in [-0.1, -0.05) is 43.0 Å². The van der Waals surface area contributed by atoms with Crippen LogP contribution in [0.4, 0.5) is 0 Å². The molecule has 4 rings (SSSR count). The minimum atomic E-state index is 0.279. The molecule has 0 bridgehead atoms. The highest BCUT2D eigenvalue weighted by molar-refractivity contribution is 5.94. The molecule has 0 unspecified atom stereocenters. The molecule has 1 saturated carbocycles. The highest BCUT2D eigenvalue weighted by atomic mass is 14.9. The van der Waals surface area contributed by atoms with E-state index in [0.717, 1.165) is 16.5 Å². The van der Waals surface area contributed by atoms with Crippen molar-refractivity contribution in [2.45, 2.75) is 58.8 Å². The summed E-state index contributed by atoms with van der Waals surface area (Å²) in [4.78, 5) is 0. The number of aromatic nitrogens is 1. The van der Waals surface area contributed by atoms with E-state index in [4.69, 9.17) is 2.74 Å². The van der Waals surface area contributed by atoms with Gasteiger partial charge in [-0.2, -0.15) is 0 Å². The fraction of sp³-hybridized carbons (Fsp3) is 0.400. The van der Waals surface area contributed by atoms with E-state index in [1.165, 1.54) is 59.9 Å². The quantitative estimate of drug-likeness (QED) is 0.479. The smallest absolute Gasteiger partial charge is 0.200 e. The van der Waals surface area contributed by atoms with Gasteiger partial charge in [0.05, 0.1) is 12.3 Å². The summed E-state index contributed by atoms with van der Waals surface area (Å²) in [6.07, 6.45) is 6.72. The standard InChI is InChI=1S/C25H30N/c1-17-14-18(2)19(3)24(15-17)25-23-11-10-21(20-8-6-5-7-9-20)16-22(23)12-13-26(25)4/h10-16,20H,5-9H2,1-4H3/q+1/i12D,13D. The fourth-order valence-electron chi connectivity index (χ4n) is 4.55. The van der Waals surface area contributed by atoms with E-state index in [1.807, 2.05) is 11.6 Å². The average Bonchev–Trinajstić information content (AvgIpc) is 2.70. The van der Waals surface area contributed by atoms with Gasteiger partial charge in [0.15, 0.2) is 6.17 Å². The normalized spacial score (nSPS) is 16.6. The Balaban J connectivity index is 1.99. The van der Waals surface area contributed by atoms with Gasteiger partial charge in [-0.05, 0) is 73.7 Å². The Kier molecular flexibility index (Phi) is 3.95. The van der Waals surface area contributed by atoms with Crippen molar-refractivity contribution in [1.29, 1.82) is 0 Å². The minimum absolute atomic E-state index is 0.279. The van der Waals surface area contributed by atoms with Crippen molar-refractivity contribution in [3.05, 3.63) is 64.8 Å². The van der Waals surface area contributed by atoms with Crippen LogP contribution in [0.1, 0.15) is 63.0 Å². The van der Waals surface area contributed by atoms with Crippen LogP contribution in [0.5, 0.6) is 0 Å². The summed E-state index contributed by atoms with van der Waals surface area (Å²) in [6.45, 7) is 6.43. The van der Waals surface area contributed by atoms with E-state index in [9.17, 15) is 0 Å². The van der Waals surface area contributed by atoms with Gasteiger partial charge in [0.1, 0.15) is 8.42 Å². The van der Waals surface area contributed by atoms with Gasteiger partial charge in [0.25, 0.3) is 0 Å².